The van der Waals surface area contributed by atoms with Crippen molar-refractivity contribution in [2.24, 2.45) is 0 Å². The van der Waals surface area contributed by atoms with Crippen LogP contribution in [0.3, 0.4) is 0 Å². The molecule has 0 atom stereocenters. The minimum absolute atomic E-state index is 0.392. The van der Waals surface area contributed by atoms with Gasteiger partial charge in [0.05, 0.1) is 10.5 Å². The van der Waals surface area contributed by atoms with Crippen molar-refractivity contribution in [3.05, 3.63) is 59.4 Å². The topological polar surface area (TPSA) is 102 Å². The minimum Gasteiger partial charge on any atom is -0.452 e. The first kappa shape index (κ1) is 20.4. The quantitative estimate of drug-likeness (QED) is 0.718. The molecule has 2 aromatic rings. The average molecular weight is 402 g/mol. The van der Waals surface area contributed by atoms with E-state index < -0.39 is 62.1 Å². The number of para-hydroxylation sites is 1. The summed E-state index contributed by atoms with van der Waals surface area (Å²) in [5.41, 5.74) is -1.46. The number of benzene rings is 2. The van der Waals surface area contributed by atoms with E-state index in [4.69, 9.17) is 0 Å². The molecule has 7 nitrogen and oxygen atoms in total. The van der Waals surface area contributed by atoms with Crippen LogP contribution in [-0.4, -0.2) is 33.9 Å². The largest absolute Gasteiger partial charge is 0.452 e. The number of carbonyl (C=O) groups is 2. The van der Waals surface area contributed by atoms with E-state index in [9.17, 15) is 31.2 Å². The number of esters is 1. The van der Waals surface area contributed by atoms with Crippen LogP contribution < -0.4 is 10.0 Å². The zero-order valence-electron chi connectivity index (χ0n) is 13.8. The molecule has 0 aliphatic carbocycles. The van der Waals surface area contributed by atoms with Gasteiger partial charge in [-0.25, -0.2) is 31.1 Å². The zero-order valence-corrected chi connectivity index (χ0v) is 14.6. The second-order valence-electron chi connectivity index (χ2n) is 5.07. The number of hydrogen-bond donors (Lipinski definition) is 2. The normalized spacial score (nSPS) is 11.1. The van der Waals surface area contributed by atoms with Crippen LogP contribution in [0.5, 0.6) is 0 Å². The number of anilines is 1. The van der Waals surface area contributed by atoms with Crippen LogP contribution >= 0.6 is 0 Å². The van der Waals surface area contributed by atoms with Crippen molar-refractivity contribution in [1.29, 1.82) is 0 Å². The third kappa shape index (κ3) is 4.83. The van der Waals surface area contributed by atoms with E-state index in [1.165, 1.54) is 0 Å². The van der Waals surface area contributed by atoms with Crippen molar-refractivity contribution in [3.63, 3.8) is 0 Å². The number of halogens is 3. The molecule has 11 heteroatoms. The Bertz CT molecular complexity index is 975. The monoisotopic (exact) mass is 402 g/mol. The molecule has 0 radical (unpaired) electrons. The molecule has 1 amide bonds. The molecule has 0 aliphatic heterocycles. The summed E-state index contributed by atoms with van der Waals surface area (Å²) in [5, 5.41) is 1.88. The van der Waals surface area contributed by atoms with Crippen molar-refractivity contribution in [1.82, 2.24) is 4.72 Å². The number of carbonyl (C=O) groups excluding carboxylic acids is 2. The fraction of sp³-hybridized carbons (Fsp3) is 0.125. The van der Waals surface area contributed by atoms with Gasteiger partial charge in [0.2, 0.25) is 10.0 Å². The lowest BCUT2D eigenvalue weighted by Gasteiger charge is -2.09. The Morgan fingerprint density at radius 1 is 1.04 bits per heavy atom. The summed E-state index contributed by atoms with van der Waals surface area (Å²) >= 11 is 0. The molecule has 0 unspecified atom stereocenters. The van der Waals surface area contributed by atoms with Gasteiger partial charge < -0.3 is 10.1 Å². The van der Waals surface area contributed by atoms with Crippen LogP contribution in [0, 0.1) is 17.5 Å². The van der Waals surface area contributed by atoms with E-state index in [1.807, 2.05) is 10.0 Å². The lowest BCUT2D eigenvalue weighted by Crippen LogP contribution is -2.23. The predicted molar refractivity (Wildman–Crippen MR) is 87.9 cm³/mol. The maximum Gasteiger partial charge on any atom is 0.341 e. The van der Waals surface area contributed by atoms with E-state index in [0.717, 1.165) is 43.4 Å². The fourth-order valence-corrected chi connectivity index (χ4v) is 2.70. The van der Waals surface area contributed by atoms with Crippen molar-refractivity contribution >= 4 is 27.6 Å². The number of rotatable bonds is 6. The maximum absolute atomic E-state index is 13.8. The Kier molecular flexibility index (Phi) is 6.18. The Hall–Kier alpha value is -2.92. The molecule has 0 aliphatic rings. The Morgan fingerprint density at radius 3 is 2.26 bits per heavy atom. The maximum atomic E-state index is 13.8. The van der Waals surface area contributed by atoms with Crippen LogP contribution in [0.4, 0.5) is 18.9 Å². The number of nitrogens with one attached hydrogen (secondary N) is 2. The first-order chi connectivity index (χ1) is 12.7. The molecular weight excluding hydrogens is 389 g/mol. The Morgan fingerprint density at radius 2 is 1.67 bits per heavy atom. The highest BCUT2D eigenvalue weighted by Gasteiger charge is 2.20. The molecule has 27 heavy (non-hydrogen) atoms. The first-order valence-corrected chi connectivity index (χ1v) is 8.78. The van der Waals surface area contributed by atoms with E-state index in [2.05, 4.69) is 4.74 Å². The molecule has 0 bridgehead atoms. The van der Waals surface area contributed by atoms with Gasteiger partial charge in [0, 0.05) is 0 Å². The summed E-state index contributed by atoms with van der Waals surface area (Å²) in [7, 11) is -2.81. The van der Waals surface area contributed by atoms with Crippen molar-refractivity contribution in [3.8, 4) is 0 Å². The van der Waals surface area contributed by atoms with Crippen LogP contribution in [0.25, 0.3) is 0 Å². The minimum atomic E-state index is -3.94. The summed E-state index contributed by atoms with van der Waals surface area (Å²) in [6, 6.07) is 5.33. The summed E-state index contributed by atoms with van der Waals surface area (Å²) in [4.78, 5) is 23.2. The van der Waals surface area contributed by atoms with Crippen molar-refractivity contribution < 1.29 is 35.9 Å². The van der Waals surface area contributed by atoms with Gasteiger partial charge in [-0.05, 0) is 37.4 Å². The summed E-state index contributed by atoms with van der Waals surface area (Å²) in [6.07, 6.45) is 0. The lowest BCUT2D eigenvalue weighted by atomic mass is 10.2. The average Bonchev–Trinajstić information content (AvgIpc) is 2.63. The molecule has 0 aromatic heterocycles. The predicted octanol–water partition coefficient (Wildman–Crippen LogP) is 1.81. The van der Waals surface area contributed by atoms with E-state index >= 15 is 0 Å². The number of sulfonamides is 1. The summed E-state index contributed by atoms with van der Waals surface area (Å²) < 4.78 is 70.6. The SMILES string of the molecule is CNS(=O)(=O)c1ccc(F)c(C(=O)OCC(=O)Nc2c(F)cccc2F)c1. The van der Waals surface area contributed by atoms with E-state index in [1.54, 1.807) is 0 Å². The lowest BCUT2D eigenvalue weighted by molar-refractivity contribution is -0.119. The van der Waals surface area contributed by atoms with E-state index in [0.29, 0.717) is 0 Å². The third-order valence-corrected chi connectivity index (χ3v) is 4.71. The van der Waals surface area contributed by atoms with Gasteiger partial charge in [0.15, 0.2) is 6.61 Å². The van der Waals surface area contributed by atoms with Crippen molar-refractivity contribution in [2.75, 3.05) is 19.0 Å². The van der Waals surface area contributed by atoms with E-state index in [-0.39, 0.29) is 0 Å². The van der Waals surface area contributed by atoms with Gasteiger partial charge in [-0.2, -0.15) is 0 Å². The van der Waals surface area contributed by atoms with Gasteiger partial charge in [0.1, 0.15) is 23.1 Å². The number of amides is 1. The number of ether oxygens (including phenoxy) is 1. The second kappa shape index (κ2) is 8.18. The molecule has 144 valence electrons. The van der Waals surface area contributed by atoms with Gasteiger partial charge >= 0.3 is 5.97 Å². The van der Waals surface area contributed by atoms with Crippen LogP contribution in [0.15, 0.2) is 41.3 Å². The molecule has 0 saturated carbocycles. The van der Waals surface area contributed by atoms with Gasteiger partial charge in [-0.15, -0.1) is 0 Å². The zero-order chi connectivity index (χ0) is 20.2. The fourth-order valence-electron chi connectivity index (χ4n) is 1.95. The Labute approximate surface area is 152 Å². The highest BCUT2D eigenvalue weighted by molar-refractivity contribution is 7.89. The third-order valence-electron chi connectivity index (χ3n) is 3.30. The molecular formula is C16H13F3N2O5S. The molecule has 2 rings (SSSR count). The van der Waals surface area contributed by atoms with Gasteiger partial charge in [-0.3, -0.25) is 4.79 Å². The van der Waals surface area contributed by atoms with Gasteiger partial charge in [-0.1, -0.05) is 6.07 Å². The Balaban J connectivity index is 2.10. The molecule has 0 heterocycles. The summed E-state index contributed by atoms with van der Waals surface area (Å²) in [6.45, 7) is -0.977. The summed E-state index contributed by atoms with van der Waals surface area (Å²) in [5.74, 6) is -5.55. The smallest absolute Gasteiger partial charge is 0.341 e. The van der Waals surface area contributed by atoms with Crippen LogP contribution in [-0.2, 0) is 19.6 Å². The standard InChI is InChI=1S/C16H13F3N2O5S/c1-20-27(24,25)9-5-6-11(17)10(7-9)16(23)26-8-14(22)21-15-12(18)3-2-4-13(15)19/h2-7,20H,8H2,1H3,(H,21,22). The van der Waals surface area contributed by atoms with Gasteiger partial charge in [0.25, 0.3) is 5.91 Å². The number of hydrogen-bond acceptors (Lipinski definition) is 5. The highest BCUT2D eigenvalue weighted by atomic mass is 32.2. The van der Waals surface area contributed by atoms with Crippen LogP contribution in [0.2, 0.25) is 0 Å². The molecule has 2 aromatic carbocycles. The molecule has 2 N–H and O–H groups in total. The first-order valence-electron chi connectivity index (χ1n) is 7.30. The molecule has 0 saturated heterocycles. The van der Waals surface area contributed by atoms with Crippen LogP contribution in [0.1, 0.15) is 10.4 Å². The molecule has 0 fully saturated rings. The van der Waals surface area contributed by atoms with Crippen molar-refractivity contribution in [2.45, 2.75) is 4.90 Å². The highest BCUT2D eigenvalue weighted by Crippen LogP contribution is 2.18. The second-order valence-corrected chi connectivity index (χ2v) is 6.96. The molecule has 0 spiro atoms.